The van der Waals surface area contributed by atoms with Crippen molar-refractivity contribution < 1.29 is 9.59 Å². The maximum absolute atomic E-state index is 12.3. The molecular weight excluding hydrogens is 214 g/mol. The van der Waals surface area contributed by atoms with E-state index in [-0.39, 0.29) is 17.6 Å². The van der Waals surface area contributed by atoms with E-state index >= 15 is 0 Å². The molecule has 2 unspecified atom stereocenters. The fourth-order valence-electron chi connectivity index (χ4n) is 2.56. The molecule has 86 valence electrons. The summed E-state index contributed by atoms with van der Waals surface area (Å²) >= 11 is 0. The van der Waals surface area contributed by atoms with Crippen LogP contribution in [-0.4, -0.2) is 17.2 Å². The first kappa shape index (κ1) is 10.3. The Bertz CT molecular complexity index is 506. The molecule has 3 rings (SSSR count). The van der Waals surface area contributed by atoms with E-state index in [1.165, 1.54) is 0 Å². The van der Waals surface area contributed by atoms with Gasteiger partial charge in [-0.15, -0.1) is 0 Å². The van der Waals surface area contributed by atoms with Crippen LogP contribution in [0, 0.1) is 5.92 Å². The summed E-state index contributed by atoms with van der Waals surface area (Å²) in [5, 5.41) is 2.81. The van der Waals surface area contributed by atoms with Crippen LogP contribution in [0.3, 0.4) is 0 Å². The van der Waals surface area contributed by atoms with Crippen LogP contribution >= 0.6 is 0 Å². The molecule has 0 spiro atoms. The van der Waals surface area contributed by atoms with E-state index in [0.717, 1.165) is 5.56 Å². The largest absolute Gasteiger partial charge is 0.340 e. The molecule has 1 fully saturated rings. The average Bonchev–Trinajstić information content (AvgIpc) is 2.89. The van der Waals surface area contributed by atoms with E-state index in [0.29, 0.717) is 12.8 Å². The smallest absolute Gasteiger partial charge is 0.228 e. The molecular formula is C14H13NO2. The normalized spacial score (nSPS) is 29.4. The number of amides is 1. The van der Waals surface area contributed by atoms with Crippen molar-refractivity contribution in [2.45, 2.75) is 18.4 Å². The lowest BCUT2D eigenvalue weighted by molar-refractivity contribution is -0.127. The summed E-state index contributed by atoms with van der Waals surface area (Å²) in [6.45, 7) is 0. The number of hydrogen-bond donors (Lipinski definition) is 1. The zero-order valence-electron chi connectivity index (χ0n) is 9.35. The summed E-state index contributed by atoms with van der Waals surface area (Å²) in [6.07, 6.45) is 4.67. The van der Waals surface area contributed by atoms with Crippen molar-refractivity contribution >= 4 is 11.7 Å². The van der Waals surface area contributed by atoms with Gasteiger partial charge in [0.1, 0.15) is 5.54 Å². The molecule has 17 heavy (non-hydrogen) atoms. The number of carbonyl (C=O) groups excluding carboxylic acids is 2. The molecule has 0 radical (unpaired) electrons. The number of hydrogen-bond acceptors (Lipinski definition) is 2. The van der Waals surface area contributed by atoms with Crippen LogP contribution in [0.25, 0.3) is 0 Å². The van der Waals surface area contributed by atoms with Crippen LogP contribution in [0.15, 0.2) is 42.5 Å². The van der Waals surface area contributed by atoms with Crippen molar-refractivity contribution in [3.8, 4) is 0 Å². The molecule has 2 bridgehead atoms. The molecule has 3 heteroatoms. The van der Waals surface area contributed by atoms with Crippen molar-refractivity contribution in [2.24, 2.45) is 5.92 Å². The number of nitrogens with one attached hydrogen (secondary N) is 1. The molecule has 1 heterocycles. The van der Waals surface area contributed by atoms with Gasteiger partial charge in [0.25, 0.3) is 0 Å². The fourth-order valence-corrected chi connectivity index (χ4v) is 2.56. The molecule has 1 saturated heterocycles. The first-order valence-corrected chi connectivity index (χ1v) is 5.78. The van der Waals surface area contributed by atoms with Crippen LogP contribution in [0.4, 0.5) is 0 Å². The minimum absolute atomic E-state index is 0.0195. The number of fused-ring (bicyclic) bond motifs is 2. The van der Waals surface area contributed by atoms with Crippen molar-refractivity contribution in [1.82, 2.24) is 5.32 Å². The Labute approximate surface area is 99.5 Å². The van der Waals surface area contributed by atoms with Gasteiger partial charge in [-0.1, -0.05) is 42.5 Å². The number of Topliss-reactive ketones (excluding diaryl/α,β-unsaturated/α-hetero) is 1. The topological polar surface area (TPSA) is 46.2 Å². The van der Waals surface area contributed by atoms with Gasteiger partial charge in [0, 0.05) is 6.42 Å². The molecule has 0 saturated carbocycles. The average molecular weight is 227 g/mol. The quantitative estimate of drug-likeness (QED) is 0.790. The van der Waals surface area contributed by atoms with Gasteiger partial charge in [0.15, 0.2) is 5.78 Å². The van der Waals surface area contributed by atoms with Crippen LogP contribution < -0.4 is 5.32 Å². The van der Waals surface area contributed by atoms with Crippen LogP contribution in [0.2, 0.25) is 0 Å². The lowest BCUT2D eigenvalue weighted by Gasteiger charge is -2.22. The lowest BCUT2D eigenvalue weighted by atomic mass is 9.90. The molecule has 1 aliphatic carbocycles. The number of ketones is 1. The standard InChI is InChI=1S/C14H13NO2/c16-12(8-10-4-2-1-3-5-10)14-7-6-11(9-14)13(17)15-14/h1-7,11H,8-9H2,(H,15,17). The van der Waals surface area contributed by atoms with Crippen molar-refractivity contribution in [3.05, 3.63) is 48.0 Å². The maximum atomic E-state index is 12.3. The Balaban J connectivity index is 1.80. The molecule has 1 aromatic rings. The van der Waals surface area contributed by atoms with E-state index in [9.17, 15) is 9.59 Å². The SMILES string of the molecule is O=C1NC2(C(=O)Cc3ccccc3)C=CC1C2. The Hall–Kier alpha value is -1.90. The van der Waals surface area contributed by atoms with Gasteiger partial charge in [-0.25, -0.2) is 0 Å². The van der Waals surface area contributed by atoms with Gasteiger partial charge in [-0.05, 0) is 12.0 Å². The highest BCUT2D eigenvalue weighted by molar-refractivity contribution is 6.01. The Morgan fingerprint density at radius 3 is 2.71 bits per heavy atom. The first-order chi connectivity index (χ1) is 8.20. The molecule has 1 aliphatic heterocycles. The highest BCUT2D eigenvalue weighted by atomic mass is 16.2. The molecule has 2 atom stereocenters. The van der Waals surface area contributed by atoms with Crippen molar-refractivity contribution in [1.29, 1.82) is 0 Å². The van der Waals surface area contributed by atoms with E-state index < -0.39 is 5.54 Å². The third kappa shape index (κ3) is 1.58. The van der Waals surface area contributed by atoms with E-state index in [1.54, 1.807) is 0 Å². The molecule has 2 aliphatic rings. The minimum atomic E-state index is -0.725. The predicted octanol–water partition coefficient (Wildman–Crippen LogP) is 1.24. The highest BCUT2D eigenvalue weighted by Crippen LogP contribution is 2.35. The van der Waals surface area contributed by atoms with Crippen molar-refractivity contribution in [3.63, 3.8) is 0 Å². The van der Waals surface area contributed by atoms with Gasteiger partial charge in [-0.3, -0.25) is 9.59 Å². The minimum Gasteiger partial charge on any atom is -0.340 e. The summed E-state index contributed by atoms with van der Waals surface area (Å²) in [7, 11) is 0. The summed E-state index contributed by atoms with van der Waals surface area (Å²) in [6, 6.07) is 9.62. The van der Waals surface area contributed by atoms with Crippen molar-refractivity contribution in [2.75, 3.05) is 0 Å². The van der Waals surface area contributed by atoms with E-state index in [2.05, 4.69) is 5.32 Å². The van der Waals surface area contributed by atoms with Gasteiger partial charge in [0.05, 0.1) is 5.92 Å². The summed E-state index contributed by atoms with van der Waals surface area (Å²) in [4.78, 5) is 23.8. The third-order valence-corrected chi connectivity index (χ3v) is 3.54. The monoisotopic (exact) mass is 227 g/mol. The second-order valence-corrected chi connectivity index (χ2v) is 4.72. The molecule has 1 N–H and O–H groups in total. The summed E-state index contributed by atoms with van der Waals surface area (Å²) in [5.41, 5.74) is 0.266. The zero-order valence-corrected chi connectivity index (χ0v) is 9.35. The highest BCUT2D eigenvalue weighted by Gasteiger charge is 2.50. The predicted molar refractivity (Wildman–Crippen MR) is 63.3 cm³/mol. The molecule has 1 amide bonds. The Morgan fingerprint density at radius 1 is 1.35 bits per heavy atom. The van der Waals surface area contributed by atoms with Crippen LogP contribution in [0.5, 0.6) is 0 Å². The van der Waals surface area contributed by atoms with Gasteiger partial charge in [0.2, 0.25) is 5.91 Å². The second-order valence-electron chi connectivity index (χ2n) is 4.72. The maximum Gasteiger partial charge on any atom is 0.228 e. The van der Waals surface area contributed by atoms with Crippen LogP contribution in [-0.2, 0) is 16.0 Å². The first-order valence-electron chi connectivity index (χ1n) is 5.78. The summed E-state index contributed by atoms with van der Waals surface area (Å²) in [5.74, 6) is -0.0445. The molecule has 0 aromatic heterocycles. The fraction of sp³-hybridized carbons (Fsp3) is 0.286. The van der Waals surface area contributed by atoms with Gasteiger partial charge < -0.3 is 5.32 Å². The van der Waals surface area contributed by atoms with Gasteiger partial charge >= 0.3 is 0 Å². The second kappa shape index (κ2) is 3.55. The van der Waals surface area contributed by atoms with Crippen LogP contribution in [0.1, 0.15) is 12.0 Å². The summed E-state index contributed by atoms with van der Waals surface area (Å²) < 4.78 is 0. The third-order valence-electron chi connectivity index (χ3n) is 3.54. The Morgan fingerprint density at radius 2 is 2.12 bits per heavy atom. The van der Waals surface area contributed by atoms with E-state index in [1.807, 2.05) is 42.5 Å². The molecule has 3 nitrogen and oxygen atoms in total. The Kier molecular flexibility index (Phi) is 2.15. The number of rotatable bonds is 3. The zero-order chi connectivity index (χ0) is 11.9. The number of carbonyl (C=O) groups is 2. The number of benzene rings is 1. The van der Waals surface area contributed by atoms with E-state index in [4.69, 9.17) is 0 Å². The molecule has 1 aromatic carbocycles. The lowest BCUT2D eigenvalue weighted by Crippen LogP contribution is -2.48. The van der Waals surface area contributed by atoms with Gasteiger partial charge in [-0.2, -0.15) is 0 Å².